The Labute approximate surface area is 235 Å². The van der Waals surface area contributed by atoms with E-state index in [0.717, 1.165) is 22.9 Å². The Morgan fingerprint density at radius 1 is 1.05 bits per heavy atom. The van der Waals surface area contributed by atoms with Gasteiger partial charge in [0.2, 0.25) is 11.8 Å². The van der Waals surface area contributed by atoms with Crippen molar-refractivity contribution in [2.75, 3.05) is 15.8 Å². The second-order valence-electron chi connectivity index (χ2n) is 9.85. The first-order valence-corrected chi connectivity index (χ1v) is 14.2. The molecule has 2 heterocycles. The number of anilines is 2. The molecule has 3 atom stereocenters. The molecule has 0 unspecified atom stereocenters. The summed E-state index contributed by atoms with van der Waals surface area (Å²) in [6.45, 7) is 8.03. The molecular formula is C30H26F2N2O6S. The SMILES string of the molecule is C=C[C@H]1c2ccccc2N(S(=O)(=O)c2ccc(C)cc2)[C@@H](C(=O)OCC)[C@]12C(=O)N(C(C)=O)c1cc(F)c(F)cc12. The van der Waals surface area contributed by atoms with E-state index in [1.54, 1.807) is 37.3 Å². The monoisotopic (exact) mass is 580 g/mol. The van der Waals surface area contributed by atoms with Gasteiger partial charge in [0.25, 0.3) is 10.0 Å². The molecule has 5 rings (SSSR count). The molecular weight excluding hydrogens is 554 g/mol. The van der Waals surface area contributed by atoms with Crippen LogP contribution in [0.15, 0.2) is 78.2 Å². The maximum Gasteiger partial charge on any atom is 0.331 e. The highest BCUT2D eigenvalue weighted by Crippen LogP contribution is 2.59. The Bertz CT molecular complexity index is 1720. The first kappa shape index (κ1) is 28.2. The third-order valence-electron chi connectivity index (χ3n) is 7.59. The van der Waals surface area contributed by atoms with Gasteiger partial charge in [-0.1, -0.05) is 42.0 Å². The van der Waals surface area contributed by atoms with Crippen molar-refractivity contribution in [1.29, 1.82) is 0 Å². The lowest BCUT2D eigenvalue weighted by molar-refractivity contribution is -0.149. The van der Waals surface area contributed by atoms with Crippen LogP contribution in [0.4, 0.5) is 20.2 Å². The summed E-state index contributed by atoms with van der Waals surface area (Å²) in [6, 6.07) is 11.6. The fourth-order valence-corrected chi connectivity index (χ4v) is 7.60. The molecule has 8 nitrogen and oxygen atoms in total. The van der Waals surface area contributed by atoms with Gasteiger partial charge in [0.05, 0.1) is 22.9 Å². The van der Waals surface area contributed by atoms with Crippen molar-refractivity contribution in [2.45, 2.75) is 43.0 Å². The molecule has 0 saturated carbocycles. The van der Waals surface area contributed by atoms with Gasteiger partial charge in [0.1, 0.15) is 5.41 Å². The van der Waals surface area contributed by atoms with E-state index in [0.29, 0.717) is 11.0 Å². The summed E-state index contributed by atoms with van der Waals surface area (Å²) in [7, 11) is -4.61. The molecule has 0 bridgehead atoms. The highest BCUT2D eigenvalue weighted by molar-refractivity contribution is 7.93. The van der Waals surface area contributed by atoms with Crippen molar-refractivity contribution in [3.63, 3.8) is 0 Å². The zero-order chi connectivity index (χ0) is 29.9. The van der Waals surface area contributed by atoms with E-state index in [9.17, 15) is 31.6 Å². The van der Waals surface area contributed by atoms with Crippen LogP contribution in [-0.2, 0) is 34.6 Å². The van der Waals surface area contributed by atoms with Crippen molar-refractivity contribution in [1.82, 2.24) is 0 Å². The number of benzene rings is 3. The van der Waals surface area contributed by atoms with Crippen molar-refractivity contribution < 1.29 is 36.3 Å². The molecule has 41 heavy (non-hydrogen) atoms. The molecule has 11 heteroatoms. The second kappa shape index (κ2) is 9.91. The smallest absolute Gasteiger partial charge is 0.331 e. The molecule has 0 radical (unpaired) electrons. The predicted molar refractivity (Wildman–Crippen MR) is 147 cm³/mol. The van der Waals surface area contributed by atoms with Crippen LogP contribution in [0, 0.1) is 18.6 Å². The van der Waals surface area contributed by atoms with Crippen LogP contribution in [0.25, 0.3) is 0 Å². The van der Waals surface area contributed by atoms with E-state index in [1.165, 1.54) is 31.2 Å². The number of esters is 1. The normalized spacial score (nSPS) is 21.4. The van der Waals surface area contributed by atoms with Gasteiger partial charge < -0.3 is 4.74 Å². The van der Waals surface area contributed by atoms with Gasteiger partial charge in [-0.05, 0) is 49.2 Å². The van der Waals surface area contributed by atoms with Gasteiger partial charge in [0.15, 0.2) is 17.7 Å². The van der Waals surface area contributed by atoms with Gasteiger partial charge >= 0.3 is 5.97 Å². The standard InChI is InChI=1S/C30H26F2N2O6S/c1-5-21-20-9-7-8-10-25(20)34(41(38,39)19-13-11-17(3)12-14-19)27(28(36)40-6-2)30(21)22-15-23(31)24(32)16-26(22)33(18(4)35)29(30)37/h5,7-16,21,27H,1,6H2,2-4H3/t21-,27-,30-/m0/s1. The number of carbonyl (C=O) groups excluding carboxylic acids is 3. The van der Waals surface area contributed by atoms with Crippen LogP contribution in [0.1, 0.15) is 36.5 Å². The minimum Gasteiger partial charge on any atom is -0.464 e. The Morgan fingerprint density at radius 3 is 2.29 bits per heavy atom. The molecule has 0 saturated heterocycles. The maximum absolute atomic E-state index is 14.9. The average molecular weight is 581 g/mol. The average Bonchev–Trinajstić information content (AvgIpc) is 3.16. The zero-order valence-corrected chi connectivity index (χ0v) is 23.2. The lowest BCUT2D eigenvalue weighted by Gasteiger charge is -2.49. The highest BCUT2D eigenvalue weighted by Gasteiger charge is 2.69. The molecule has 0 fully saturated rings. The summed E-state index contributed by atoms with van der Waals surface area (Å²) in [4.78, 5) is 41.8. The van der Waals surface area contributed by atoms with E-state index < -0.39 is 56.8 Å². The van der Waals surface area contributed by atoms with Gasteiger partial charge in [-0.3, -0.25) is 13.9 Å². The minimum atomic E-state index is -4.61. The van der Waals surface area contributed by atoms with Crippen LogP contribution in [0.2, 0.25) is 0 Å². The van der Waals surface area contributed by atoms with E-state index in [4.69, 9.17) is 4.74 Å². The number of imide groups is 1. The quantitative estimate of drug-likeness (QED) is 0.325. The summed E-state index contributed by atoms with van der Waals surface area (Å²) in [5, 5.41) is 0. The molecule has 2 aliphatic heterocycles. The van der Waals surface area contributed by atoms with Crippen molar-refractivity contribution >= 4 is 39.2 Å². The first-order valence-electron chi connectivity index (χ1n) is 12.8. The number of allylic oxidation sites excluding steroid dienone is 1. The van der Waals surface area contributed by atoms with Crippen LogP contribution in [0.5, 0.6) is 0 Å². The minimum absolute atomic E-state index is 0.0693. The molecule has 0 aliphatic carbocycles. The summed E-state index contributed by atoms with van der Waals surface area (Å²) in [6.07, 6.45) is 1.34. The molecule has 3 aromatic carbocycles. The van der Waals surface area contributed by atoms with Crippen LogP contribution in [-0.4, -0.2) is 38.9 Å². The highest BCUT2D eigenvalue weighted by atomic mass is 32.2. The molecule has 212 valence electrons. The summed E-state index contributed by atoms with van der Waals surface area (Å²) < 4.78 is 64.5. The van der Waals surface area contributed by atoms with E-state index in [2.05, 4.69) is 6.58 Å². The Hall–Kier alpha value is -4.38. The number of fused-ring (bicyclic) bond motifs is 3. The van der Waals surface area contributed by atoms with Gasteiger partial charge in [-0.2, -0.15) is 0 Å². The van der Waals surface area contributed by atoms with E-state index in [-0.39, 0.29) is 34.0 Å². The lowest BCUT2D eigenvalue weighted by Crippen LogP contribution is -2.66. The number of para-hydroxylation sites is 1. The topological polar surface area (TPSA) is 101 Å². The number of rotatable bonds is 5. The molecule has 0 aromatic heterocycles. The summed E-state index contributed by atoms with van der Waals surface area (Å²) >= 11 is 0. The number of aryl methyl sites for hydroxylation is 1. The van der Waals surface area contributed by atoms with Crippen molar-refractivity contribution in [2.24, 2.45) is 0 Å². The molecule has 1 spiro atoms. The number of ether oxygens (including phenoxy) is 1. The third-order valence-corrected chi connectivity index (χ3v) is 9.38. The number of amides is 2. The largest absolute Gasteiger partial charge is 0.464 e. The maximum atomic E-state index is 14.9. The lowest BCUT2D eigenvalue weighted by atomic mass is 9.61. The van der Waals surface area contributed by atoms with Crippen LogP contribution >= 0.6 is 0 Å². The Morgan fingerprint density at radius 2 is 1.68 bits per heavy atom. The molecule has 3 aromatic rings. The van der Waals surface area contributed by atoms with Crippen LogP contribution < -0.4 is 9.21 Å². The van der Waals surface area contributed by atoms with Gasteiger partial charge in [0, 0.05) is 18.9 Å². The number of hydrogen-bond acceptors (Lipinski definition) is 6. The zero-order valence-electron chi connectivity index (χ0n) is 22.4. The van der Waals surface area contributed by atoms with Crippen molar-refractivity contribution in [3.05, 3.63) is 102 Å². The Kier molecular flexibility index (Phi) is 6.81. The fraction of sp³-hybridized carbons (Fsp3) is 0.233. The summed E-state index contributed by atoms with van der Waals surface area (Å²) in [5.74, 6) is -6.82. The number of sulfonamides is 1. The molecule has 0 N–H and O–H groups in total. The second-order valence-corrected chi connectivity index (χ2v) is 11.7. The van der Waals surface area contributed by atoms with E-state index in [1.807, 2.05) is 0 Å². The summed E-state index contributed by atoms with van der Waals surface area (Å²) in [5.41, 5.74) is -1.70. The number of nitrogens with zero attached hydrogens (tertiary/aromatic N) is 2. The van der Waals surface area contributed by atoms with Gasteiger partial charge in [-0.15, -0.1) is 6.58 Å². The van der Waals surface area contributed by atoms with Crippen molar-refractivity contribution in [3.8, 4) is 0 Å². The number of carbonyl (C=O) groups is 3. The number of halogens is 2. The van der Waals surface area contributed by atoms with E-state index >= 15 is 0 Å². The Balaban J connectivity index is 1.96. The first-order chi connectivity index (χ1) is 19.4. The molecule has 2 aliphatic rings. The van der Waals surface area contributed by atoms with Crippen LogP contribution in [0.3, 0.4) is 0 Å². The van der Waals surface area contributed by atoms with Gasteiger partial charge in [-0.25, -0.2) is 26.9 Å². The number of hydrogen-bond donors (Lipinski definition) is 0. The fourth-order valence-electron chi connectivity index (χ4n) is 5.94. The molecule has 2 amide bonds. The third kappa shape index (κ3) is 3.90. The predicted octanol–water partition coefficient (Wildman–Crippen LogP) is 4.51.